The molecule has 1 unspecified atom stereocenters. The first kappa shape index (κ1) is 15.1. The van der Waals surface area contributed by atoms with Crippen LogP contribution in [0.25, 0.3) is 0 Å². The number of rotatable bonds is 5. The molecule has 1 fully saturated rings. The molecule has 22 heavy (non-hydrogen) atoms. The molecule has 1 saturated heterocycles. The zero-order chi connectivity index (χ0) is 15.7. The Morgan fingerprint density at radius 2 is 2.23 bits per heavy atom. The summed E-state index contributed by atoms with van der Waals surface area (Å²) < 4.78 is 34.7. The van der Waals surface area contributed by atoms with Gasteiger partial charge >= 0.3 is 0 Å². The summed E-state index contributed by atoms with van der Waals surface area (Å²) in [7, 11) is -0.211. The number of hydrogen-bond donors (Lipinski definition) is 0. The van der Waals surface area contributed by atoms with E-state index in [1.807, 2.05) is 0 Å². The van der Waals surface area contributed by atoms with E-state index in [2.05, 4.69) is 15.4 Å². The third kappa shape index (κ3) is 2.76. The average molecular weight is 326 g/mol. The molecule has 9 nitrogen and oxygen atoms in total. The van der Waals surface area contributed by atoms with Crippen LogP contribution in [0.15, 0.2) is 23.5 Å². The van der Waals surface area contributed by atoms with Gasteiger partial charge in [-0.1, -0.05) is 5.21 Å². The summed E-state index contributed by atoms with van der Waals surface area (Å²) >= 11 is 0. The summed E-state index contributed by atoms with van der Waals surface area (Å²) in [5, 5.41) is 12.0. The Bertz CT molecular complexity index is 753. The zero-order valence-corrected chi connectivity index (χ0v) is 13.3. The highest BCUT2D eigenvalue weighted by Gasteiger charge is 2.34. The fourth-order valence-electron chi connectivity index (χ4n) is 2.53. The van der Waals surface area contributed by atoms with E-state index in [9.17, 15) is 8.42 Å². The zero-order valence-electron chi connectivity index (χ0n) is 12.5. The van der Waals surface area contributed by atoms with Gasteiger partial charge in [0.15, 0.2) is 0 Å². The largest absolute Gasteiger partial charge is 0.378 e. The summed E-state index contributed by atoms with van der Waals surface area (Å²) in [4.78, 5) is 0.217. The molecule has 3 heterocycles. The first-order valence-electron chi connectivity index (χ1n) is 6.89. The van der Waals surface area contributed by atoms with Crippen molar-refractivity contribution in [3.05, 3.63) is 24.3 Å². The molecule has 0 radical (unpaired) electrons. The fourth-order valence-corrected chi connectivity index (χ4v) is 4.01. The maximum absolute atomic E-state index is 12.5. The van der Waals surface area contributed by atoms with E-state index in [1.165, 1.54) is 21.4 Å². The molecule has 1 aliphatic heterocycles. The Kier molecular flexibility index (Phi) is 3.98. The third-order valence-corrected chi connectivity index (χ3v) is 5.49. The van der Waals surface area contributed by atoms with Crippen LogP contribution in [-0.2, 0) is 28.4 Å². The van der Waals surface area contributed by atoms with Crippen LogP contribution in [0.3, 0.4) is 0 Å². The monoisotopic (exact) mass is 326 g/mol. The van der Waals surface area contributed by atoms with Crippen molar-refractivity contribution in [3.63, 3.8) is 0 Å². The Morgan fingerprint density at radius 3 is 2.91 bits per heavy atom. The smallest absolute Gasteiger partial charge is 0.246 e. The van der Waals surface area contributed by atoms with Crippen LogP contribution in [0.5, 0.6) is 0 Å². The van der Waals surface area contributed by atoms with Gasteiger partial charge < -0.3 is 4.74 Å². The lowest BCUT2D eigenvalue weighted by molar-refractivity contribution is 0.181. The van der Waals surface area contributed by atoms with Crippen molar-refractivity contribution < 1.29 is 13.2 Å². The van der Waals surface area contributed by atoms with Gasteiger partial charge in [-0.3, -0.25) is 4.68 Å². The number of ether oxygens (including phenoxy) is 1. The second-order valence-corrected chi connectivity index (χ2v) is 7.22. The van der Waals surface area contributed by atoms with Gasteiger partial charge in [0.05, 0.1) is 25.0 Å². The predicted octanol–water partition coefficient (Wildman–Crippen LogP) is -0.206. The van der Waals surface area contributed by atoms with E-state index >= 15 is 0 Å². The highest BCUT2D eigenvalue weighted by atomic mass is 32.2. The number of methoxy groups -OCH3 is 1. The lowest BCUT2D eigenvalue weighted by atomic mass is 10.3. The van der Waals surface area contributed by atoms with E-state index in [1.54, 1.807) is 25.0 Å². The van der Waals surface area contributed by atoms with Crippen LogP contribution in [-0.4, -0.2) is 57.7 Å². The number of aromatic nitrogens is 5. The highest BCUT2D eigenvalue weighted by molar-refractivity contribution is 7.89. The standard InChI is InChI=1S/C12H18N6O3S/c1-16-8-12(5-13-16)22(19,20)17-4-3-11(7-17)18-6-10(9-21-2)14-15-18/h5-6,8,11H,3-4,7,9H2,1-2H3. The Balaban J connectivity index is 1.74. The summed E-state index contributed by atoms with van der Waals surface area (Å²) in [6.07, 6.45) is 5.38. The van der Waals surface area contributed by atoms with Crippen LogP contribution in [0, 0.1) is 0 Å². The van der Waals surface area contributed by atoms with Gasteiger partial charge in [-0.25, -0.2) is 13.1 Å². The number of nitrogens with zero attached hydrogens (tertiary/aromatic N) is 6. The fraction of sp³-hybridized carbons (Fsp3) is 0.583. The van der Waals surface area contributed by atoms with Crippen molar-refractivity contribution in [2.45, 2.75) is 24.0 Å². The summed E-state index contributed by atoms with van der Waals surface area (Å²) in [5.41, 5.74) is 0.732. The highest BCUT2D eigenvalue weighted by Crippen LogP contribution is 2.26. The van der Waals surface area contributed by atoms with Crippen LogP contribution in [0.2, 0.25) is 0 Å². The van der Waals surface area contributed by atoms with Crippen molar-refractivity contribution >= 4 is 10.0 Å². The molecule has 0 aromatic carbocycles. The van der Waals surface area contributed by atoms with Gasteiger partial charge in [0.25, 0.3) is 0 Å². The lowest BCUT2D eigenvalue weighted by Gasteiger charge is -2.15. The van der Waals surface area contributed by atoms with Crippen molar-refractivity contribution in [1.29, 1.82) is 0 Å². The van der Waals surface area contributed by atoms with Gasteiger partial charge in [-0.15, -0.1) is 5.10 Å². The van der Waals surface area contributed by atoms with E-state index in [0.29, 0.717) is 26.1 Å². The molecular weight excluding hydrogens is 308 g/mol. The molecule has 1 atom stereocenters. The Labute approximate surface area is 128 Å². The van der Waals surface area contributed by atoms with Crippen molar-refractivity contribution in [1.82, 2.24) is 29.1 Å². The quantitative estimate of drug-likeness (QED) is 0.755. The topological polar surface area (TPSA) is 95.1 Å². The number of hydrogen-bond acceptors (Lipinski definition) is 6. The van der Waals surface area contributed by atoms with Gasteiger partial charge in [0.1, 0.15) is 10.6 Å². The van der Waals surface area contributed by atoms with E-state index in [0.717, 1.165) is 5.69 Å². The molecule has 0 N–H and O–H groups in total. The summed E-state index contributed by atoms with van der Waals surface area (Å²) in [6, 6.07) is -0.00967. The van der Waals surface area contributed by atoms with E-state index in [-0.39, 0.29) is 10.9 Å². The minimum Gasteiger partial charge on any atom is -0.378 e. The minimum atomic E-state index is -3.50. The van der Waals surface area contributed by atoms with Crippen molar-refractivity contribution in [3.8, 4) is 0 Å². The average Bonchev–Trinajstić information content (AvgIpc) is 3.17. The molecule has 3 rings (SSSR count). The molecular formula is C12H18N6O3S. The molecule has 120 valence electrons. The Morgan fingerprint density at radius 1 is 1.41 bits per heavy atom. The first-order chi connectivity index (χ1) is 10.5. The Hall–Kier alpha value is -1.78. The SMILES string of the molecule is COCc1cn(C2CCN(S(=O)(=O)c3cnn(C)c3)C2)nn1. The maximum Gasteiger partial charge on any atom is 0.246 e. The molecule has 0 bridgehead atoms. The first-order valence-corrected chi connectivity index (χ1v) is 8.33. The second-order valence-electron chi connectivity index (χ2n) is 5.28. The molecule has 1 aliphatic rings. The predicted molar refractivity (Wildman–Crippen MR) is 76.4 cm³/mol. The molecule has 0 spiro atoms. The summed E-state index contributed by atoms with van der Waals surface area (Å²) in [5.74, 6) is 0. The van der Waals surface area contributed by atoms with Crippen molar-refractivity contribution in [2.24, 2.45) is 7.05 Å². The van der Waals surface area contributed by atoms with Gasteiger partial charge in [-0.05, 0) is 6.42 Å². The molecule has 0 saturated carbocycles. The molecule has 0 amide bonds. The maximum atomic E-state index is 12.5. The minimum absolute atomic E-state index is 0.00967. The molecule has 2 aromatic rings. The van der Waals surface area contributed by atoms with E-state index in [4.69, 9.17) is 4.74 Å². The normalized spacial score (nSPS) is 19.8. The lowest BCUT2D eigenvalue weighted by Crippen LogP contribution is -2.29. The molecule has 10 heteroatoms. The van der Waals surface area contributed by atoms with Crippen LogP contribution < -0.4 is 0 Å². The van der Waals surface area contributed by atoms with Gasteiger partial charge in [0.2, 0.25) is 10.0 Å². The third-order valence-electron chi connectivity index (χ3n) is 3.67. The van der Waals surface area contributed by atoms with E-state index < -0.39 is 10.0 Å². The van der Waals surface area contributed by atoms with Crippen molar-refractivity contribution in [2.75, 3.05) is 20.2 Å². The van der Waals surface area contributed by atoms with Gasteiger partial charge in [0, 0.05) is 33.4 Å². The molecule has 0 aliphatic carbocycles. The van der Waals surface area contributed by atoms with Gasteiger partial charge in [-0.2, -0.15) is 9.40 Å². The molecule has 2 aromatic heterocycles. The number of aryl methyl sites for hydroxylation is 1. The van der Waals surface area contributed by atoms with Crippen LogP contribution in [0.4, 0.5) is 0 Å². The summed E-state index contributed by atoms with van der Waals surface area (Å²) in [6.45, 7) is 1.23. The van der Waals surface area contributed by atoms with Crippen LogP contribution >= 0.6 is 0 Å². The van der Waals surface area contributed by atoms with Crippen LogP contribution in [0.1, 0.15) is 18.2 Å². The number of sulfonamides is 1. The second kappa shape index (κ2) is 5.78.